The maximum atomic E-state index is 5.36. The Morgan fingerprint density at radius 1 is 1.30 bits per heavy atom. The minimum Gasteiger partial charge on any atom is -0.493 e. The summed E-state index contributed by atoms with van der Waals surface area (Å²) in [6.45, 7) is 3.10. The number of methoxy groups -OCH3 is 1. The van der Waals surface area contributed by atoms with Crippen molar-refractivity contribution in [3.63, 3.8) is 0 Å². The zero-order valence-electron chi connectivity index (χ0n) is 12.5. The first kappa shape index (κ1) is 14.6. The summed E-state index contributed by atoms with van der Waals surface area (Å²) in [7, 11) is 3.65. The van der Waals surface area contributed by atoms with E-state index in [0.717, 1.165) is 30.8 Å². The van der Waals surface area contributed by atoms with Gasteiger partial charge in [-0.05, 0) is 24.9 Å². The van der Waals surface area contributed by atoms with Crippen LogP contribution in [-0.2, 0) is 13.5 Å². The van der Waals surface area contributed by atoms with Crippen molar-refractivity contribution in [2.24, 2.45) is 7.05 Å². The lowest BCUT2D eigenvalue weighted by atomic mass is 10.0. The van der Waals surface area contributed by atoms with Gasteiger partial charge in [0, 0.05) is 13.1 Å². The number of rotatable bonds is 7. The topological polar surface area (TPSA) is 39.1 Å². The van der Waals surface area contributed by atoms with Crippen LogP contribution in [0.3, 0.4) is 0 Å². The molecule has 1 N–H and O–H groups in total. The van der Waals surface area contributed by atoms with Crippen molar-refractivity contribution in [2.45, 2.75) is 25.8 Å². The first-order chi connectivity index (χ1) is 9.76. The fourth-order valence-electron chi connectivity index (χ4n) is 2.50. The van der Waals surface area contributed by atoms with Crippen molar-refractivity contribution in [3.8, 4) is 5.75 Å². The number of benzene rings is 1. The maximum Gasteiger partial charge on any atom is 0.159 e. The zero-order valence-corrected chi connectivity index (χ0v) is 12.5. The third-order valence-corrected chi connectivity index (χ3v) is 3.57. The fourth-order valence-corrected chi connectivity index (χ4v) is 2.50. The molecule has 0 saturated heterocycles. The van der Waals surface area contributed by atoms with Crippen LogP contribution in [-0.4, -0.2) is 23.4 Å². The second-order valence-corrected chi connectivity index (χ2v) is 4.84. The van der Waals surface area contributed by atoms with E-state index in [9.17, 15) is 0 Å². The summed E-state index contributed by atoms with van der Waals surface area (Å²) in [5, 5.41) is 7.80. The van der Waals surface area contributed by atoms with Gasteiger partial charge >= 0.3 is 0 Å². The van der Waals surface area contributed by atoms with Crippen molar-refractivity contribution < 1.29 is 4.74 Å². The van der Waals surface area contributed by atoms with Crippen molar-refractivity contribution in [2.75, 3.05) is 13.7 Å². The summed E-state index contributed by atoms with van der Waals surface area (Å²) in [5.74, 6) is 0.871. The minimum absolute atomic E-state index is 0.362. The molecule has 4 nitrogen and oxygen atoms in total. The van der Waals surface area contributed by atoms with E-state index >= 15 is 0 Å². The van der Waals surface area contributed by atoms with Gasteiger partial charge in [-0.3, -0.25) is 4.68 Å². The summed E-state index contributed by atoms with van der Waals surface area (Å²) in [5.41, 5.74) is 2.47. The van der Waals surface area contributed by atoms with Gasteiger partial charge in [0.1, 0.15) is 0 Å². The highest BCUT2D eigenvalue weighted by Gasteiger charge is 2.14. The Bertz CT molecular complexity index is 522. The Hall–Kier alpha value is -1.81. The molecule has 1 atom stereocenters. The van der Waals surface area contributed by atoms with Crippen LogP contribution >= 0.6 is 0 Å². The molecule has 0 fully saturated rings. The van der Waals surface area contributed by atoms with Crippen LogP contribution in [0, 0.1) is 0 Å². The molecule has 1 unspecified atom stereocenters. The zero-order chi connectivity index (χ0) is 14.4. The van der Waals surface area contributed by atoms with E-state index in [-0.39, 0.29) is 0 Å². The summed E-state index contributed by atoms with van der Waals surface area (Å²) >= 11 is 0. The van der Waals surface area contributed by atoms with E-state index in [1.54, 1.807) is 13.3 Å². The average Bonchev–Trinajstić information content (AvgIpc) is 2.85. The number of aryl methyl sites for hydroxylation is 1. The standard InChI is InChI=1S/C16H23N3O/c1-4-17-14(13-8-6-5-7-9-13)10-11-15-16(20-3)12-18-19(15)2/h5-9,12,14,17H,4,10-11H2,1-3H3. The molecule has 4 heteroatoms. The molecule has 0 spiro atoms. The van der Waals surface area contributed by atoms with Gasteiger partial charge in [-0.1, -0.05) is 37.3 Å². The highest BCUT2D eigenvalue weighted by molar-refractivity contribution is 5.26. The van der Waals surface area contributed by atoms with Crippen molar-refractivity contribution in [1.82, 2.24) is 15.1 Å². The third kappa shape index (κ3) is 3.39. The lowest BCUT2D eigenvalue weighted by Crippen LogP contribution is -2.21. The molecule has 2 aromatic rings. The quantitative estimate of drug-likeness (QED) is 0.843. The highest BCUT2D eigenvalue weighted by atomic mass is 16.5. The Kier molecular flexibility index (Phi) is 5.18. The van der Waals surface area contributed by atoms with Crippen LogP contribution in [0.2, 0.25) is 0 Å². The van der Waals surface area contributed by atoms with Crippen LogP contribution in [0.1, 0.15) is 30.6 Å². The fraction of sp³-hybridized carbons (Fsp3) is 0.438. The molecule has 2 rings (SSSR count). The van der Waals surface area contributed by atoms with Crippen LogP contribution in [0.5, 0.6) is 5.75 Å². The molecular formula is C16H23N3O. The molecule has 0 aliphatic heterocycles. The number of ether oxygens (including phenoxy) is 1. The van der Waals surface area contributed by atoms with Crippen LogP contribution in [0.4, 0.5) is 0 Å². The molecule has 0 amide bonds. The Balaban J connectivity index is 2.08. The molecule has 0 aliphatic rings. The van der Waals surface area contributed by atoms with E-state index < -0.39 is 0 Å². The number of nitrogens with zero attached hydrogens (tertiary/aromatic N) is 2. The first-order valence-electron chi connectivity index (χ1n) is 7.09. The molecule has 0 aliphatic carbocycles. The lowest BCUT2D eigenvalue weighted by molar-refractivity contribution is 0.404. The largest absolute Gasteiger partial charge is 0.493 e. The Labute approximate surface area is 120 Å². The molecular weight excluding hydrogens is 250 g/mol. The SMILES string of the molecule is CCNC(CCc1c(OC)cnn1C)c1ccccc1. The van der Waals surface area contributed by atoms with E-state index in [1.165, 1.54) is 5.56 Å². The molecule has 0 saturated carbocycles. The Morgan fingerprint density at radius 2 is 2.05 bits per heavy atom. The molecule has 108 valence electrons. The van der Waals surface area contributed by atoms with Crippen molar-refractivity contribution in [3.05, 3.63) is 47.8 Å². The first-order valence-corrected chi connectivity index (χ1v) is 7.09. The summed E-state index contributed by atoms with van der Waals surface area (Å²) in [4.78, 5) is 0. The molecule has 1 aromatic carbocycles. The number of hydrogen-bond donors (Lipinski definition) is 1. The molecule has 1 heterocycles. The lowest BCUT2D eigenvalue weighted by Gasteiger charge is -2.18. The predicted octanol–water partition coefficient (Wildman–Crippen LogP) is 2.71. The summed E-state index contributed by atoms with van der Waals surface area (Å²) < 4.78 is 7.26. The van der Waals surface area contributed by atoms with Gasteiger partial charge in [-0.25, -0.2) is 0 Å². The summed E-state index contributed by atoms with van der Waals surface area (Å²) in [6.07, 6.45) is 3.74. The number of hydrogen-bond acceptors (Lipinski definition) is 3. The van der Waals surface area contributed by atoms with Gasteiger partial charge in [-0.2, -0.15) is 5.10 Å². The second-order valence-electron chi connectivity index (χ2n) is 4.84. The van der Waals surface area contributed by atoms with E-state index in [1.807, 2.05) is 11.7 Å². The van der Waals surface area contributed by atoms with Crippen LogP contribution in [0.25, 0.3) is 0 Å². The maximum absolute atomic E-state index is 5.36. The predicted molar refractivity (Wildman–Crippen MR) is 80.9 cm³/mol. The van der Waals surface area contributed by atoms with Crippen LogP contribution < -0.4 is 10.1 Å². The average molecular weight is 273 g/mol. The Morgan fingerprint density at radius 3 is 2.70 bits per heavy atom. The molecule has 0 bridgehead atoms. The van der Waals surface area contributed by atoms with Crippen molar-refractivity contribution >= 4 is 0 Å². The number of nitrogens with one attached hydrogen (secondary N) is 1. The number of aromatic nitrogens is 2. The smallest absolute Gasteiger partial charge is 0.159 e. The van der Waals surface area contributed by atoms with Gasteiger partial charge in [-0.15, -0.1) is 0 Å². The monoisotopic (exact) mass is 273 g/mol. The van der Waals surface area contributed by atoms with Crippen molar-refractivity contribution in [1.29, 1.82) is 0 Å². The van der Waals surface area contributed by atoms with E-state index in [0.29, 0.717) is 6.04 Å². The van der Waals surface area contributed by atoms with Gasteiger partial charge in [0.05, 0.1) is 19.0 Å². The summed E-state index contributed by atoms with van der Waals surface area (Å²) in [6, 6.07) is 10.9. The van der Waals surface area contributed by atoms with Gasteiger partial charge in [0.15, 0.2) is 5.75 Å². The third-order valence-electron chi connectivity index (χ3n) is 3.57. The molecule has 0 radical (unpaired) electrons. The molecule has 1 aromatic heterocycles. The van der Waals surface area contributed by atoms with Crippen LogP contribution in [0.15, 0.2) is 36.5 Å². The highest BCUT2D eigenvalue weighted by Crippen LogP contribution is 2.23. The van der Waals surface area contributed by atoms with E-state index in [4.69, 9.17) is 4.74 Å². The minimum atomic E-state index is 0.362. The molecule has 20 heavy (non-hydrogen) atoms. The van der Waals surface area contributed by atoms with E-state index in [2.05, 4.69) is 47.7 Å². The second kappa shape index (κ2) is 7.10. The van der Waals surface area contributed by atoms with Gasteiger partial charge in [0.2, 0.25) is 0 Å². The van der Waals surface area contributed by atoms with Gasteiger partial charge in [0.25, 0.3) is 0 Å². The van der Waals surface area contributed by atoms with Gasteiger partial charge < -0.3 is 10.1 Å². The normalized spacial score (nSPS) is 12.3.